The van der Waals surface area contributed by atoms with E-state index in [1.807, 2.05) is 58.0 Å². The third-order valence-electron chi connectivity index (χ3n) is 7.21. The van der Waals surface area contributed by atoms with Crippen molar-refractivity contribution in [3.05, 3.63) is 118 Å². The van der Waals surface area contributed by atoms with Gasteiger partial charge in [-0.15, -0.1) is 0 Å². The normalized spacial score (nSPS) is 12.2. The number of para-hydroxylation sites is 1. The van der Waals surface area contributed by atoms with E-state index in [1.165, 1.54) is 17.0 Å². The van der Waals surface area contributed by atoms with Gasteiger partial charge in [-0.25, -0.2) is 8.42 Å². The van der Waals surface area contributed by atoms with Gasteiger partial charge in [-0.05, 0) is 100 Å². The van der Waals surface area contributed by atoms with Gasteiger partial charge in [0, 0.05) is 12.1 Å². The number of aryl methyl sites for hydroxylation is 1. The summed E-state index contributed by atoms with van der Waals surface area (Å²) in [7, 11) is -4.23. The van der Waals surface area contributed by atoms with Crippen LogP contribution in [0.3, 0.4) is 0 Å². The van der Waals surface area contributed by atoms with Crippen molar-refractivity contribution in [2.45, 2.75) is 64.1 Å². The van der Waals surface area contributed by atoms with Crippen LogP contribution in [0.4, 0.5) is 5.69 Å². The third kappa shape index (κ3) is 9.50. The highest BCUT2D eigenvalue weighted by molar-refractivity contribution is 7.92. The van der Waals surface area contributed by atoms with Gasteiger partial charge in [0.25, 0.3) is 10.0 Å². The number of sulfonamides is 1. The van der Waals surface area contributed by atoms with Gasteiger partial charge in [0.15, 0.2) is 0 Å². The van der Waals surface area contributed by atoms with Gasteiger partial charge in [0.05, 0.1) is 20.6 Å². The largest absolute Gasteiger partial charge is 0.457 e. The van der Waals surface area contributed by atoms with Gasteiger partial charge in [0.1, 0.15) is 24.1 Å². The average molecular weight is 697 g/mol. The lowest BCUT2D eigenvalue weighted by Crippen LogP contribution is -2.55. The van der Waals surface area contributed by atoms with Crippen LogP contribution in [0.1, 0.15) is 45.2 Å². The van der Waals surface area contributed by atoms with E-state index in [4.69, 9.17) is 27.9 Å². The second-order valence-electron chi connectivity index (χ2n) is 12.2. The molecule has 0 aromatic heterocycles. The predicted octanol–water partition coefficient (Wildman–Crippen LogP) is 8.01. The minimum atomic E-state index is -4.23. The first-order valence-corrected chi connectivity index (χ1v) is 17.4. The molecule has 0 aliphatic rings. The Morgan fingerprint density at radius 2 is 1.47 bits per heavy atom. The van der Waals surface area contributed by atoms with Crippen LogP contribution in [0.5, 0.6) is 11.5 Å². The number of amides is 2. The van der Waals surface area contributed by atoms with E-state index in [-0.39, 0.29) is 29.5 Å². The standard InChI is InChI=1S/C36H39Cl2N3O5S/c1-6-33(35(43)39-36(3,4)5)40(23-26-14-21-31(37)32(38)22-26)34(42)24-41(47(44,45)30-19-12-25(2)13-20-30)27-15-17-29(18-16-27)46-28-10-8-7-9-11-28/h7-22,33H,6,23-24H2,1-5H3,(H,39,43)/t33-/m0/s1. The van der Waals surface area contributed by atoms with E-state index in [0.29, 0.717) is 27.1 Å². The fourth-order valence-electron chi connectivity index (χ4n) is 4.88. The Morgan fingerprint density at radius 3 is 2.04 bits per heavy atom. The Labute approximate surface area is 287 Å². The molecule has 0 spiro atoms. The SMILES string of the molecule is CC[C@@H](C(=O)NC(C)(C)C)N(Cc1ccc(Cl)c(Cl)c1)C(=O)CN(c1ccc(Oc2ccccc2)cc1)S(=O)(=O)c1ccc(C)cc1. The lowest BCUT2D eigenvalue weighted by molar-refractivity contribution is -0.141. The molecule has 4 rings (SSSR count). The van der Waals surface area contributed by atoms with Crippen LogP contribution < -0.4 is 14.4 Å². The van der Waals surface area contributed by atoms with Crippen molar-refractivity contribution >= 4 is 50.7 Å². The van der Waals surface area contributed by atoms with Crippen molar-refractivity contribution in [1.29, 1.82) is 0 Å². The molecule has 0 heterocycles. The van der Waals surface area contributed by atoms with E-state index < -0.39 is 34.1 Å². The summed E-state index contributed by atoms with van der Waals surface area (Å²) in [5, 5.41) is 3.60. The van der Waals surface area contributed by atoms with Gasteiger partial charge >= 0.3 is 0 Å². The summed E-state index contributed by atoms with van der Waals surface area (Å²) in [5.74, 6) is 0.179. The molecule has 47 heavy (non-hydrogen) atoms. The Kier molecular flexibility index (Phi) is 11.6. The van der Waals surface area contributed by atoms with Crippen molar-refractivity contribution in [3.63, 3.8) is 0 Å². The van der Waals surface area contributed by atoms with Gasteiger partial charge < -0.3 is 15.0 Å². The van der Waals surface area contributed by atoms with E-state index in [2.05, 4.69) is 5.32 Å². The predicted molar refractivity (Wildman–Crippen MR) is 188 cm³/mol. The lowest BCUT2D eigenvalue weighted by Gasteiger charge is -2.35. The van der Waals surface area contributed by atoms with E-state index in [1.54, 1.807) is 61.5 Å². The van der Waals surface area contributed by atoms with Crippen molar-refractivity contribution in [3.8, 4) is 11.5 Å². The minimum Gasteiger partial charge on any atom is -0.457 e. The number of rotatable bonds is 12. The molecule has 0 saturated carbocycles. The molecule has 0 aliphatic heterocycles. The first kappa shape index (κ1) is 35.8. The number of nitrogens with one attached hydrogen (secondary N) is 1. The van der Waals surface area contributed by atoms with Crippen LogP contribution in [0.15, 0.2) is 102 Å². The lowest BCUT2D eigenvalue weighted by atomic mass is 10.1. The molecule has 0 aliphatic carbocycles. The quantitative estimate of drug-likeness (QED) is 0.162. The summed E-state index contributed by atoms with van der Waals surface area (Å²) in [6.07, 6.45) is 0.283. The van der Waals surface area contributed by atoms with Crippen LogP contribution >= 0.6 is 23.2 Å². The van der Waals surface area contributed by atoms with Crippen LogP contribution in [-0.2, 0) is 26.2 Å². The summed E-state index contributed by atoms with van der Waals surface area (Å²) in [6.45, 7) is 8.63. The number of carbonyl (C=O) groups excluding carboxylic acids is 2. The summed E-state index contributed by atoms with van der Waals surface area (Å²) in [5.41, 5.74) is 1.20. The second-order valence-corrected chi connectivity index (χ2v) is 14.8. The number of ether oxygens (including phenoxy) is 1. The molecule has 11 heteroatoms. The molecule has 0 radical (unpaired) electrons. The fourth-order valence-corrected chi connectivity index (χ4v) is 6.61. The number of hydrogen-bond donors (Lipinski definition) is 1. The molecule has 0 unspecified atom stereocenters. The highest BCUT2D eigenvalue weighted by Crippen LogP contribution is 2.29. The zero-order valence-corrected chi connectivity index (χ0v) is 29.4. The Morgan fingerprint density at radius 1 is 0.851 bits per heavy atom. The Balaban J connectivity index is 1.75. The average Bonchev–Trinajstić information content (AvgIpc) is 3.01. The molecule has 4 aromatic carbocycles. The number of hydrogen-bond acceptors (Lipinski definition) is 5. The molecule has 2 amide bonds. The van der Waals surface area contributed by atoms with Gasteiger partial charge in [-0.3, -0.25) is 13.9 Å². The third-order valence-corrected chi connectivity index (χ3v) is 9.74. The van der Waals surface area contributed by atoms with Gasteiger partial charge in [-0.1, -0.05) is 72.1 Å². The van der Waals surface area contributed by atoms with Crippen LogP contribution in [0, 0.1) is 6.92 Å². The van der Waals surface area contributed by atoms with Crippen molar-refractivity contribution in [1.82, 2.24) is 10.2 Å². The maximum atomic E-state index is 14.3. The maximum absolute atomic E-state index is 14.3. The number of nitrogens with zero attached hydrogens (tertiary/aromatic N) is 2. The van der Waals surface area contributed by atoms with E-state index >= 15 is 0 Å². The van der Waals surface area contributed by atoms with Crippen molar-refractivity contribution in [2.75, 3.05) is 10.8 Å². The molecule has 0 bridgehead atoms. The Hall–Kier alpha value is -4.05. The number of halogens is 2. The molecule has 0 saturated heterocycles. The second kappa shape index (κ2) is 15.2. The number of anilines is 1. The van der Waals surface area contributed by atoms with Gasteiger partial charge in [0.2, 0.25) is 11.8 Å². The first-order valence-electron chi connectivity index (χ1n) is 15.2. The Bertz CT molecular complexity index is 1790. The monoisotopic (exact) mass is 695 g/mol. The molecule has 0 fully saturated rings. The number of benzene rings is 4. The van der Waals surface area contributed by atoms with Crippen molar-refractivity contribution in [2.24, 2.45) is 0 Å². The van der Waals surface area contributed by atoms with Crippen LogP contribution in [0.25, 0.3) is 0 Å². The highest BCUT2D eigenvalue weighted by atomic mass is 35.5. The fraction of sp³-hybridized carbons (Fsp3) is 0.278. The zero-order valence-electron chi connectivity index (χ0n) is 27.0. The summed E-state index contributed by atoms with van der Waals surface area (Å²) < 4.78 is 35.3. The molecular formula is C36H39Cl2N3O5S. The molecule has 4 aromatic rings. The first-order chi connectivity index (χ1) is 22.2. The molecule has 8 nitrogen and oxygen atoms in total. The topological polar surface area (TPSA) is 96.0 Å². The minimum absolute atomic E-state index is 0.00589. The van der Waals surface area contributed by atoms with E-state index in [9.17, 15) is 18.0 Å². The maximum Gasteiger partial charge on any atom is 0.264 e. The smallest absolute Gasteiger partial charge is 0.264 e. The molecule has 1 N–H and O–H groups in total. The molecular weight excluding hydrogens is 657 g/mol. The summed E-state index contributed by atoms with van der Waals surface area (Å²) in [6, 6.07) is 26.1. The van der Waals surface area contributed by atoms with Gasteiger partial charge in [-0.2, -0.15) is 0 Å². The van der Waals surface area contributed by atoms with Crippen LogP contribution in [0.2, 0.25) is 10.0 Å². The number of carbonyl (C=O) groups is 2. The summed E-state index contributed by atoms with van der Waals surface area (Å²) in [4.78, 5) is 29.3. The molecule has 1 atom stereocenters. The molecule has 248 valence electrons. The zero-order chi connectivity index (χ0) is 34.4. The van der Waals surface area contributed by atoms with E-state index in [0.717, 1.165) is 9.87 Å². The van der Waals surface area contributed by atoms with Crippen molar-refractivity contribution < 1.29 is 22.7 Å². The summed E-state index contributed by atoms with van der Waals surface area (Å²) >= 11 is 12.4. The highest BCUT2D eigenvalue weighted by Gasteiger charge is 2.34. The van der Waals surface area contributed by atoms with Crippen LogP contribution in [-0.4, -0.2) is 43.3 Å².